The van der Waals surface area contributed by atoms with Crippen LogP contribution in [-0.2, 0) is 0 Å². The van der Waals surface area contributed by atoms with E-state index in [1.54, 1.807) is 12.3 Å². The molecule has 0 aliphatic heterocycles. The summed E-state index contributed by atoms with van der Waals surface area (Å²) in [6.45, 7) is 0. The third kappa shape index (κ3) is 2.46. The molecule has 0 spiro atoms. The number of anilines is 3. The Labute approximate surface area is 116 Å². The van der Waals surface area contributed by atoms with Crippen LogP contribution in [0.15, 0.2) is 54.7 Å². The quantitative estimate of drug-likeness (QED) is 0.685. The topological polar surface area (TPSA) is 50.9 Å². The number of pyridine rings is 1. The minimum atomic E-state index is 0.603. The summed E-state index contributed by atoms with van der Waals surface area (Å²) < 4.78 is 0. The minimum absolute atomic E-state index is 0.603. The average molecular weight is 270 g/mol. The maximum atomic E-state index is 6.14. The van der Waals surface area contributed by atoms with E-state index in [1.165, 1.54) is 0 Å². The zero-order valence-electron chi connectivity index (χ0n) is 10.1. The number of hydrogen-bond donors (Lipinski definition) is 2. The second-order valence-corrected chi connectivity index (χ2v) is 4.68. The third-order valence-electron chi connectivity index (χ3n) is 2.88. The smallest absolute Gasteiger partial charge is 0.0703 e. The van der Waals surface area contributed by atoms with Gasteiger partial charge in [0.15, 0.2) is 0 Å². The largest absolute Gasteiger partial charge is 0.399 e. The van der Waals surface area contributed by atoms with E-state index in [9.17, 15) is 0 Å². The molecule has 19 heavy (non-hydrogen) atoms. The van der Waals surface area contributed by atoms with Crippen LogP contribution in [0.5, 0.6) is 0 Å². The lowest BCUT2D eigenvalue weighted by Gasteiger charge is -2.09. The fraction of sp³-hybridized carbons (Fsp3) is 0. The van der Waals surface area contributed by atoms with E-state index in [1.807, 2.05) is 42.5 Å². The highest BCUT2D eigenvalue weighted by molar-refractivity contribution is 6.33. The average Bonchev–Trinajstić information content (AvgIpc) is 2.42. The van der Waals surface area contributed by atoms with Crippen LogP contribution in [0.1, 0.15) is 0 Å². The van der Waals surface area contributed by atoms with E-state index in [0.717, 1.165) is 22.3 Å². The summed E-state index contributed by atoms with van der Waals surface area (Å²) in [6.07, 6.45) is 1.78. The summed E-state index contributed by atoms with van der Waals surface area (Å²) in [6, 6.07) is 15.3. The van der Waals surface area contributed by atoms with Gasteiger partial charge in [-0.25, -0.2) is 0 Å². The molecule has 0 radical (unpaired) electrons. The summed E-state index contributed by atoms with van der Waals surface area (Å²) in [5, 5.41) is 4.96. The highest BCUT2D eigenvalue weighted by atomic mass is 35.5. The van der Waals surface area contributed by atoms with Gasteiger partial charge in [0.2, 0.25) is 0 Å². The van der Waals surface area contributed by atoms with E-state index in [0.29, 0.717) is 10.7 Å². The molecule has 0 fully saturated rings. The van der Waals surface area contributed by atoms with Crippen molar-refractivity contribution in [2.75, 3.05) is 11.1 Å². The second-order valence-electron chi connectivity index (χ2n) is 4.28. The van der Waals surface area contributed by atoms with Gasteiger partial charge < -0.3 is 11.1 Å². The molecule has 0 atom stereocenters. The highest BCUT2D eigenvalue weighted by Crippen LogP contribution is 2.28. The first-order chi connectivity index (χ1) is 9.22. The molecule has 1 aromatic heterocycles. The van der Waals surface area contributed by atoms with Crippen molar-refractivity contribution in [2.45, 2.75) is 0 Å². The van der Waals surface area contributed by atoms with E-state index in [-0.39, 0.29) is 0 Å². The van der Waals surface area contributed by atoms with Crippen LogP contribution in [-0.4, -0.2) is 4.98 Å². The van der Waals surface area contributed by atoms with Crippen LogP contribution in [0.4, 0.5) is 17.1 Å². The predicted octanol–water partition coefficient (Wildman–Crippen LogP) is 4.21. The molecule has 94 valence electrons. The SMILES string of the molecule is Nc1ccc(Nc2ccc3ncccc3c2)c(Cl)c1. The van der Waals surface area contributed by atoms with Gasteiger partial charge in [-0.3, -0.25) is 4.98 Å². The van der Waals surface area contributed by atoms with E-state index in [4.69, 9.17) is 17.3 Å². The molecule has 0 saturated heterocycles. The molecule has 2 aromatic carbocycles. The van der Waals surface area contributed by atoms with Crippen LogP contribution < -0.4 is 11.1 Å². The molecular weight excluding hydrogens is 258 g/mol. The first-order valence-corrected chi connectivity index (χ1v) is 6.27. The van der Waals surface area contributed by atoms with Crippen molar-refractivity contribution in [1.82, 2.24) is 4.98 Å². The first kappa shape index (κ1) is 11.8. The van der Waals surface area contributed by atoms with E-state index < -0.39 is 0 Å². The molecule has 4 heteroatoms. The van der Waals surface area contributed by atoms with Crippen LogP contribution in [0.2, 0.25) is 5.02 Å². The van der Waals surface area contributed by atoms with Crippen molar-refractivity contribution >= 4 is 39.6 Å². The Kier molecular flexibility index (Phi) is 2.97. The number of rotatable bonds is 2. The van der Waals surface area contributed by atoms with Gasteiger partial charge in [0.25, 0.3) is 0 Å². The molecule has 0 amide bonds. The summed E-state index contributed by atoms with van der Waals surface area (Å²) in [4.78, 5) is 4.29. The number of halogens is 1. The fourth-order valence-electron chi connectivity index (χ4n) is 1.94. The predicted molar refractivity (Wildman–Crippen MR) is 80.9 cm³/mol. The zero-order valence-corrected chi connectivity index (χ0v) is 10.9. The molecule has 3 rings (SSSR count). The van der Waals surface area contributed by atoms with Crippen LogP contribution in [0.3, 0.4) is 0 Å². The van der Waals surface area contributed by atoms with Gasteiger partial charge in [0.05, 0.1) is 16.2 Å². The highest BCUT2D eigenvalue weighted by Gasteiger charge is 2.02. The van der Waals surface area contributed by atoms with Crippen molar-refractivity contribution in [1.29, 1.82) is 0 Å². The number of nitrogen functional groups attached to an aromatic ring is 1. The number of nitrogens with zero attached hydrogens (tertiary/aromatic N) is 1. The number of nitrogens with one attached hydrogen (secondary N) is 1. The van der Waals surface area contributed by atoms with E-state index >= 15 is 0 Å². The van der Waals surface area contributed by atoms with Gasteiger partial charge in [-0.1, -0.05) is 17.7 Å². The van der Waals surface area contributed by atoms with Crippen molar-refractivity contribution < 1.29 is 0 Å². The van der Waals surface area contributed by atoms with Gasteiger partial charge in [-0.15, -0.1) is 0 Å². The standard InChI is InChI=1S/C15H12ClN3/c16-13-9-11(17)3-5-15(13)19-12-4-6-14-10(8-12)2-1-7-18-14/h1-9,19H,17H2. The number of fused-ring (bicyclic) bond motifs is 1. The minimum Gasteiger partial charge on any atom is -0.399 e. The Morgan fingerprint density at radius 3 is 2.79 bits per heavy atom. The molecule has 0 aliphatic carbocycles. The van der Waals surface area contributed by atoms with Crippen molar-refractivity contribution in [3.63, 3.8) is 0 Å². The summed E-state index contributed by atoms with van der Waals surface area (Å²) >= 11 is 6.14. The van der Waals surface area contributed by atoms with Crippen molar-refractivity contribution in [2.24, 2.45) is 0 Å². The Morgan fingerprint density at radius 1 is 1.05 bits per heavy atom. The molecule has 0 bridgehead atoms. The Balaban J connectivity index is 1.96. The zero-order chi connectivity index (χ0) is 13.2. The molecule has 3 N–H and O–H groups in total. The summed E-state index contributed by atoms with van der Waals surface area (Å²) in [5.41, 5.74) is 9.09. The Hall–Kier alpha value is -2.26. The second kappa shape index (κ2) is 4.78. The summed E-state index contributed by atoms with van der Waals surface area (Å²) in [7, 11) is 0. The van der Waals surface area contributed by atoms with E-state index in [2.05, 4.69) is 10.3 Å². The fourth-order valence-corrected chi connectivity index (χ4v) is 2.18. The normalized spacial score (nSPS) is 10.6. The molecule has 0 aliphatic rings. The molecular formula is C15H12ClN3. The van der Waals surface area contributed by atoms with Crippen LogP contribution in [0, 0.1) is 0 Å². The first-order valence-electron chi connectivity index (χ1n) is 5.89. The van der Waals surface area contributed by atoms with Crippen molar-refractivity contribution in [3.8, 4) is 0 Å². The van der Waals surface area contributed by atoms with Crippen molar-refractivity contribution in [3.05, 3.63) is 59.8 Å². The third-order valence-corrected chi connectivity index (χ3v) is 3.19. The molecule has 3 aromatic rings. The lowest BCUT2D eigenvalue weighted by Crippen LogP contribution is -1.93. The Morgan fingerprint density at radius 2 is 1.95 bits per heavy atom. The molecule has 0 unspecified atom stereocenters. The number of nitrogens with two attached hydrogens (primary N) is 1. The number of benzene rings is 2. The number of hydrogen-bond acceptors (Lipinski definition) is 3. The lowest BCUT2D eigenvalue weighted by atomic mass is 10.2. The summed E-state index contributed by atoms with van der Waals surface area (Å²) in [5.74, 6) is 0. The van der Waals surface area contributed by atoms with Gasteiger partial charge in [0, 0.05) is 23.0 Å². The van der Waals surface area contributed by atoms with Gasteiger partial charge >= 0.3 is 0 Å². The Bertz CT molecular complexity index is 740. The van der Waals surface area contributed by atoms with Crippen LogP contribution >= 0.6 is 11.6 Å². The lowest BCUT2D eigenvalue weighted by molar-refractivity contribution is 1.41. The maximum Gasteiger partial charge on any atom is 0.0703 e. The molecule has 3 nitrogen and oxygen atoms in total. The van der Waals surface area contributed by atoms with Gasteiger partial charge in [-0.05, 0) is 42.5 Å². The van der Waals surface area contributed by atoms with Gasteiger partial charge in [0.1, 0.15) is 0 Å². The monoisotopic (exact) mass is 269 g/mol. The molecule has 0 saturated carbocycles. The van der Waals surface area contributed by atoms with Crippen LogP contribution in [0.25, 0.3) is 10.9 Å². The molecule has 1 heterocycles. The number of aromatic nitrogens is 1. The maximum absolute atomic E-state index is 6.14. The van der Waals surface area contributed by atoms with Gasteiger partial charge in [-0.2, -0.15) is 0 Å².